The Morgan fingerprint density at radius 2 is 2.00 bits per heavy atom. The normalized spacial score (nSPS) is 11.6. The van der Waals surface area contributed by atoms with Crippen molar-refractivity contribution in [2.45, 2.75) is 39.4 Å². The van der Waals surface area contributed by atoms with Crippen LogP contribution in [-0.4, -0.2) is 14.7 Å². The molecule has 0 aliphatic carbocycles. The summed E-state index contributed by atoms with van der Waals surface area (Å²) >= 11 is 0. The van der Waals surface area contributed by atoms with Gasteiger partial charge in [-0.25, -0.2) is 0 Å². The molecular formula is C15H20N4O2. The molecule has 1 heterocycles. The summed E-state index contributed by atoms with van der Waals surface area (Å²) in [6, 6.07) is 6.66. The third kappa shape index (κ3) is 4.13. The molecule has 21 heavy (non-hydrogen) atoms. The van der Waals surface area contributed by atoms with E-state index >= 15 is 0 Å². The SMILES string of the molecule is CC(C)(C)n1cc(CNCc2cccc([N+](=O)[O-])c2)cn1. The summed E-state index contributed by atoms with van der Waals surface area (Å²) in [4.78, 5) is 10.3. The van der Waals surface area contributed by atoms with Crippen LogP contribution in [0.2, 0.25) is 0 Å². The lowest BCUT2D eigenvalue weighted by molar-refractivity contribution is -0.384. The maximum Gasteiger partial charge on any atom is 0.269 e. The second kappa shape index (κ2) is 6.05. The van der Waals surface area contributed by atoms with Gasteiger partial charge in [-0.15, -0.1) is 0 Å². The van der Waals surface area contributed by atoms with Gasteiger partial charge in [-0.2, -0.15) is 5.10 Å². The van der Waals surface area contributed by atoms with Crippen LogP contribution in [0.4, 0.5) is 5.69 Å². The Kier molecular flexibility index (Phi) is 4.37. The van der Waals surface area contributed by atoms with E-state index in [4.69, 9.17) is 0 Å². The maximum absolute atomic E-state index is 10.7. The van der Waals surface area contributed by atoms with Crippen LogP contribution in [0.5, 0.6) is 0 Å². The lowest BCUT2D eigenvalue weighted by Gasteiger charge is -2.18. The van der Waals surface area contributed by atoms with Crippen molar-refractivity contribution >= 4 is 5.69 Å². The molecule has 0 amide bonds. The fraction of sp³-hybridized carbons (Fsp3) is 0.400. The quantitative estimate of drug-likeness (QED) is 0.678. The van der Waals surface area contributed by atoms with Crippen LogP contribution in [0.25, 0.3) is 0 Å². The average Bonchev–Trinajstić information content (AvgIpc) is 2.88. The topological polar surface area (TPSA) is 73.0 Å². The van der Waals surface area contributed by atoms with Gasteiger partial charge in [0.25, 0.3) is 5.69 Å². The van der Waals surface area contributed by atoms with E-state index in [0.717, 1.165) is 11.1 Å². The molecule has 2 rings (SSSR count). The van der Waals surface area contributed by atoms with E-state index < -0.39 is 0 Å². The molecular weight excluding hydrogens is 268 g/mol. The van der Waals surface area contributed by atoms with Crippen molar-refractivity contribution in [1.29, 1.82) is 0 Å². The van der Waals surface area contributed by atoms with E-state index in [-0.39, 0.29) is 16.1 Å². The smallest absolute Gasteiger partial charge is 0.269 e. The van der Waals surface area contributed by atoms with Crippen molar-refractivity contribution < 1.29 is 4.92 Å². The van der Waals surface area contributed by atoms with Crippen LogP contribution < -0.4 is 5.32 Å². The molecule has 0 bridgehead atoms. The van der Waals surface area contributed by atoms with Gasteiger partial charge in [0.1, 0.15) is 0 Å². The Labute approximate surface area is 123 Å². The number of nitro groups is 1. The van der Waals surface area contributed by atoms with Gasteiger partial charge < -0.3 is 5.32 Å². The minimum atomic E-state index is -0.378. The predicted molar refractivity (Wildman–Crippen MR) is 80.9 cm³/mol. The molecule has 0 aliphatic heterocycles. The van der Waals surface area contributed by atoms with E-state index in [9.17, 15) is 10.1 Å². The number of nitrogens with zero attached hydrogens (tertiary/aromatic N) is 3. The summed E-state index contributed by atoms with van der Waals surface area (Å²) < 4.78 is 1.93. The highest BCUT2D eigenvalue weighted by molar-refractivity contribution is 5.34. The molecule has 0 spiro atoms. The molecule has 1 aromatic carbocycles. The van der Waals surface area contributed by atoms with Crippen molar-refractivity contribution in [3.8, 4) is 0 Å². The minimum absolute atomic E-state index is 0.0295. The van der Waals surface area contributed by atoms with Crippen LogP contribution in [0.3, 0.4) is 0 Å². The third-order valence-corrected chi connectivity index (χ3v) is 3.10. The zero-order chi connectivity index (χ0) is 15.5. The number of aromatic nitrogens is 2. The predicted octanol–water partition coefficient (Wildman–Crippen LogP) is 2.84. The second-order valence-electron chi connectivity index (χ2n) is 5.99. The van der Waals surface area contributed by atoms with Crippen LogP contribution >= 0.6 is 0 Å². The van der Waals surface area contributed by atoms with E-state index in [1.165, 1.54) is 6.07 Å². The van der Waals surface area contributed by atoms with E-state index in [2.05, 4.69) is 31.2 Å². The summed E-state index contributed by atoms with van der Waals surface area (Å²) in [5.74, 6) is 0. The van der Waals surface area contributed by atoms with Crippen LogP contribution in [0, 0.1) is 10.1 Å². The highest BCUT2D eigenvalue weighted by atomic mass is 16.6. The Balaban J connectivity index is 1.91. The molecule has 6 heteroatoms. The number of rotatable bonds is 5. The molecule has 0 atom stereocenters. The number of benzene rings is 1. The lowest BCUT2D eigenvalue weighted by atomic mass is 10.1. The summed E-state index contributed by atoms with van der Waals surface area (Å²) in [6.07, 6.45) is 3.85. The molecule has 0 fully saturated rings. The van der Waals surface area contributed by atoms with Crippen LogP contribution in [-0.2, 0) is 18.6 Å². The fourth-order valence-electron chi connectivity index (χ4n) is 1.95. The molecule has 0 unspecified atom stereocenters. The molecule has 0 saturated heterocycles. The van der Waals surface area contributed by atoms with E-state index in [1.54, 1.807) is 12.1 Å². The van der Waals surface area contributed by atoms with Gasteiger partial charge in [0, 0.05) is 37.0 Å². The maximum atomic E-state index is 10.7. The second-order valence-corrected chi connectivity index (χ2v) is 5.99. The molecule has 2 aromatic rings. The first-order valence-electron chi connectivity index (χ1n) is 6.84. The number of nitro benzene ring substituents is 1. The van der Waals surface area contributed by atoms with E-state index in [1.807, 2.05) is 23.1 Å². The Hall–Kier alpha value is -2.21. The molecule has 0 saturated carbocycles. The average molecular weight is 288 g/mol. The number of hydrogen-bond acceptors (Lipinski definition) is 4. The van der Waals surface area contributed by atoms with Gasteiger partial charge in [-0.3, -0.25) is 14.8 Å². The van der Waals surface area contributed by atoms with Crippen LogP contribution in [0.1, 0.15) is 31.9 Å². The van der Waals surface area contributed by atoms with Gasteiger partial charge in [-0.05, 0) is 26.3 Å². The summed E-state index contributed by atoms with van der Waals surface area (Å²) in [6.45, 7) is 7.56. The summed E-state index contributed by atoms with van der Waals surface area (Å²) in [5.41, 5.74) is 2.08. The van der Waals surface area contributed by atoms with Crippen molar-refractivity contribution in [2.24, 2.45) is 0 Å². The van der Waals surface area contributed by atoms with Crippen molar-refractivity contribution in [2.75, 3.05) is 0 Å². The largest absolute Gasteiger partial charge is 0.308 e. The van der Waals surface area contributed by atoms with E-state index in [0.29, 0.717) is 13.1 Å². The molecule has 1 N–H and O–H groups in total. The van der Waals surface area contributed by atoms with Crippen LogP contribution in [0.15, 0.2) is 36.7 Å². The van der Waals surface area contributed by atoms with Crippen molar-refractivity contribution in [3.63, 3.8) is 0 Å². The standard InChI is InChI=1S/C15H20N4O2/c1-15(2,3)18-11-13(10-17-18)9-16-8-12-5-4-6-14(7-12)19(20)21/h4-7,10-11,16H,8-9H2,1-3H3. The zero-order valence-electron chi connectivity index (χ0n) is 12.5. The number of non-ortho nitro benzene ring substituents is 1. The van der Waals surface area contributed by atoms with Crippen molar-refractivity contribution in [3.05, 3.63) is 57.9 Å². The fourth-order valence-corrected chi connectivity index (χ4v) is 1.95. The summed E-state index contributed by atoms with van der Waals surface area (Å²) in [5, 5.41) is 18.3. The Morgan fingerprint density at radius 3 is 2.62 bits per heavy atom. The molecule has 0 radical (unpaired) electrons. The molecule has 6 nitrogen and oxygen atoms in total. The summed E-state index contributed by atoms with van der Waals surface area (Å²) in [7, 11) is 0. The lowest BCUT2D eigenvalue weighted by Crippen LogP contribution is -2.22. The first-order valence-corrected chi connectivity index (χ1v) is 6.84. The van der Waals surface area contributed by atoms with Gasteiger partial charge in [0.15, 0.2) is 0 Å². The Morgan fingerprint density at radius 1 is 1.29 bits per heavy atom. The first-order chi connectivity index (χ1) is 9.86. The minimum Gasteiger partial charge on any atom is -0.308 e. The van der Waals surface area contributed by atoms with Gasteiger partial charge in [0.05, 0.1) is 16.7 Å². The number of nitrogens with one attached hydrogen (secondary N) is 1. The molecule has 1 aromatic heterocycles. The van der Waals surface area contributed by atoms with Gasteiger partial charge >= 0.3 is 0 Å². The monoisotopic (exact) mass is 288 g/mol. The number of hydrogen-bond donors (Lipinski definition) is 1. The highest BCUT2D eigenvalue weighted by Crippen LogP contribution is 2.14. The zero-order valence-corrected chi connectivity index (χ0v) is 12.5. The van der Waals surface area contributed by atoms with Crippen molar-refractivity contribution in [1.82, 2.24) is 15.1 Å². The first kappa shape index (κ1) is 15.2. The van der Waals surface area contributed by atoms with Gasteiger partial charge in [0.2, 0.25) is 0 Å². The highest BCUT2D eigenvalue weighted by Gasteiger charge is 2.13. The third-order valence-electron chi connectivity index (χ3n) is 3.10. The Bertz CT molecular complexity index is 629. The molecule has 112 valence electrons. The molecule has 0 aliphatic rings. The van der Waals surface area contributed by atoms with Gasteiger partial charge in [-0.1, -0.05) is 12.1 Å².